The van der Waals surface area contributed by atoms with Crippen LogP contribution in [-0.2, 0) is 10.0 Å². The maximum absolute atomic E-state index is 13.4. The summed E-state index contributed by atoms with van der Waals surface area (Å²) in [6, 6.07) is 6.09. The highest BCUT2D eigenvalue weighted by atomic mass is 32.2. The topological polar surface area (TPSA) is 93.1 Å². The van der Waals surface area contributed by atoms with Crippen LogP contribution in [0.15, 0.2) is 42.9 Å². The lowest BCUT2D eigenvalue weighted by molar-refractivity contribution is 0.101. The number of sulfonamides is 1. The van der Waals surface area contributed by atoms with Gasteiger partial charge in [0.1, 0.15) is 22.3 Å². The van der Waals surface area contributed by atoms with E-state index in [-0.39, 0.29) is 11.7 Å². The first kappa shape index (κ1) is 21.7. The zero-order valence-corrected chi connectivity index (χ0v) is 18.7. The van der Waals surface area contributed by atoms with Crippen LogP contribution in [0.5, 0.6) is 0 Å². The number of thiazole rings is 1. The molecule has 3 heterocycles. The third kappa shape index (κ3) is 4.86. The number of aromatic nitrogens is 3. The van der Waals surface area contributed by atoms with Gasteiger partial charge in [-0.1, -0.05) is 6.07 Å². The summed E-state index contributed by atoms with van der Waals surface area (Å²) >= 11 is 1.28. The van der Waals surface area contributed by atoms with Crippen molar-refractivity contribution in [3.05, 3.63) is 54.4 Å². The number of halogens is 1. The zero-order valence-electron chi connectivity index (χ0n) is 17.0. The molecule has 1 saturated carbocycles. The highest BCUT2D eigenvalue weighted by molar-refractivity contribution is 7.89. The Morgan fingerprint density at radius 1 is 1.29 bits per heavy atom. The Balaban J connectivity index is 1.52. The van der Waals surface area contributed by atoms with Crippen LogP contribution in [0.2, 0.25) is 0 Å². The molecule has 1 unspecified atom stereocenters. The van der Waals surface area contributed by atoms with Crippen LogP contribution < -0.4 is 0 Å². The van der Waals surface area contributed by atoms with Crippen LogP contribution in [0.25, 0.3) is 21.1 Å². The first-order chi connectivity index (χ1) is 14.7. The molecular formula is C21H21FN4O3S2. The van der Waals surface area contributed by atoms with Gasteiger partial charge in [-0.15, -0.1) is 11.3 Å². The van der Waals surface area contributed by atoms with E-state index in [1.807, 2.05) is 6.92 Å². The van der Waals surface area contributed by atoms with Crippen molar-refractivity contribution < 1.29 is 17.6 Å². The lowest BCUT2D eigenvalue weighted by Crippen LogP contribution is -2.39. The number of carbonyl (C=O) groups excluding carboxylic acids is 1. The van der Waals surface area contributed by atoms with Crippen molar-refractivity contribution in [1.29, 1.82) is 0 Å². The molecule has 3 aromatic rings. The lowest BCUT2D eigenvalue weighted by atomic mass is 10.2. The Kier molecular flexibility index (Phi) is 5.96. The van der Waals surface area contributed by atoms with Crippen molar-refractivity contribution in [2.75, 3.05) is 12.8 Å². The number of carbonyl (C=O) groups is 1. The van der Waals surface area contributed by atoms with Crippen LogP contribution in [0, 0.1) is 11.7 Å². The highest BCUT2D eigenvalue weighted by Gasteiger charge is 2.36. The third-order valence-corrected chi connectivity index (χ3v) is 8.28. The standard InChI is InChI=1S/C21H21FN4O3S2/c1-13(14-6-7-14)26(2)31(28,29)12-19(27)17-4-3-5-18(25-17)20-11-24-21(30-20)15-8-16(22)10-23-9-15/h3-5,8-11,13-14H,6-7,12H2,1-2H3. The van der Waals surface area contributed by atoms with Gasteiger partial charge in [0.2, 0.25) is 10.0 Å². The second-order valence-electron chi connectivity index (χ2n) is 7.60. The Labute approximate surface area is 184 Å². The van der Waals surface area contributed by atoms with E-state index in [1.54, 1.807) is 18.3 Å². The molecule has 0 aliphatic heterocycles. The molecule has 162 valence electrons. The van der Waals surface area contributed by atoms with Crippen LogP contribution in [0.3, 0.4) is 0 Å². The van der Waals surface area contributed by atoms with Gasteiger partial charge in [-0.05, 0) is 43.9 Å². The van der Waals surface area contributed by atoms with Gasteiger partial charge in [0, 0.05) is 31.0 Å². The molecule has 0 radical (unpaired) electrons. The molecule has 0 N–H and O–H groups in total. The molecular weight excluding hydrogens is 439 g/mol. The molecule has 31 heavy (non-hydrogen) atoms. The minimum absolute atomic E-state index is 0.0796. The summed E-state index contributed by atoms with van der Waals surface area (Å²) in [6.45, 7) is 1.87. The molecule has 10 heteroatoms. The number of nitrogens with zero attached hydrogens (tertiary/aromatic N) is 4. The normalized spacial score (nSPS) is 15.2. The summed E-state index contributed by atoms with van der Waals surface area (Å²) in [5.74, 6) is -1.28. The molecule has 3 aromatic heterocycles. The van der Waals surface area contributed by atoms with E-state index in [9.17, 15) is 17.6 Å². The maximum atomic E-state index is 13.4. The van der Waals surface area contributed by atoms with Crippen LogP contribution in [0.1, 0.15) is 30.3 Å². The van der Waals surface area contributed by atoms with Gasteiger partial charge >= 0.3 is 0 Å². The predicted molar refractivity (Wildman–Crippen MR) is 117 cm³/mol. The van der Waals surface area contributed by atoms with E-state index in [2.05, 4.69) is 15.0 Å². The number of Topliss-reactive ketones (excluding diaryl/α,β-unsaturated/α-hetero) is 1. The van der Waals surface area contributed by atoms with Crippen LogP contribution >= 0.6 is 11.3 Å². The summed E-state index contributed by atoms with van der Waals surface area (Å²) in [7, 11) is -2.21. The summed E-state index contributed by atoms with van der Waals surface area (Å²) in [5, 5.41) is 0.568. The molecule has 0 amide bonds. The summed E-state index contributed by atoms with van der Waals surface area (Å²) in [5.41, 5.74) is 1.12. The minimum atomic E-state index is -3.73. The van der Waals surface area contributed by atoms with Gasteiger partial charge in [-0.3, -0.25) is 9.78 Å². The molecule has 1 aliphatic rings. The summed E-state index contributed by atoms with van der Waals surface area (Å²) < 4.78 is 40.1. The quantitative estimate of drug-likeness (QED) is 0.477. The van der Waals surface area contributed by atoms with Crippen molar-refractivity contribution in [3.8, 4) is 21.1 Å². The summed E-state index contributed by atoms with van der Waals surface area (Å²) in [6.07, 6.45) is 6.25. The molecule has 7 nitrogen and oxygen atoms in total. The number of hydrogen-bond donors (Lipinski definition) is 0. The smallest absolute Gasteiger partial charge is 0.221 e. The Morgan fingerprint density at radius 2 is 2.06 bits per heavy atom. The monoisotopic (exact) mass is 460 g/mol. The Hall–Kier alpha value is -2.56. The highest BCUT2D eigenvalue weighted by Crippen LogP contribution is 2.35. The van der Waals surface area contributed by atoms with E-state index in [4.69, 9.17) is 0 Å². The van der Waals surface area contributed by atoms with Gasteiger partial charge in [-0.25, -0.2) is 27.1 Å². The van der Waals surface area contributed by atoms with Gasteiger partial charge in [0.25, 0.3) is 0 Å². The molecule has 0 spiro atoms. The molecule has 0 saturated heterocycles. The lowest BCUT2D eigenvalue weighted by Gasteiger charge is -2.23. The molecule has 0 aromatic carbocycles. The minimum Gasteiger partial charge on any atom is -0.291 e. The van der Waals surface area contributed by atoms with Gasteiger partial charge in [0.15, 0.2) is 5.78 Å². The van der Waals surface area contributed by atoms with Crippen LogP contribution in [-0.4, -0.2) is 52.3 Å². The van der Waals surface area contributed by atoms with Gasteiger partial charge < -0.3 is 0 Å². The van der Waals surface area contributed by atoms with Gasteiger partial charge in [0.05, 0.1) is 16.8 Å². The Bertz CT molecular complexity index is 1220. The predicted octanol–water partition coefficient (Wildman–Crippen LogP) is 3.65. The number of pyridine rings is 2. The second kappa shape index (κ2) is 8.52. The van der Waals surface area contributed by atoms with Crippen molar-refractivity contribution in [2.45, 2.75) is 25.8 Å². The summed E-state index contributed by atoms with van der Waals surface area (Å²) in [4.78, 5) is 25.8. The Morgan fingerprint density at radius 3 is 2.77 bits per heavy atom. The molecule has 0 bridgehead atoms. The van der Waals surface area contributed by atoms with Crippen LogP contribution in [0.4, 0.5) is 4.39 Å². The SMILES string of the molecule is CC(C1CC1)N(C)S(=O)(=O)CC(=O)c1cccc(-c2cnc(-c3cncc(F)c3)s2)n1. The first-order valence-corrected chi connectivity index (χ1v) is 12.2. The van der Waals surface area contributed by atoms with E-state index >= 15 is 0 Å². The van der Waals surface area contributed by atoms with Crippen molar-refractivity contribution in [3.63, 3.8) is 0 Å². The number of ketones is 1. The third-order valence-electron chi connectivity index (χ3n) is 5.37. The largest absolute Gasteiger partial charge is 0.291 e. The fourth-order valence-electron chi connectivity index (χ4n) is 3.25. The number of rotatable bonds is 8. The number of hydrogen-bond acceptors (Lipinski definition) is 7. The maximum Gasteiger partial charge on any atom is 0.221 e. The fourth-order valence-corrected chi connectivity index (χ4v) is 5.48. The molecule has 1 fully saturated rings. The zero-order chi connectivity index (χ0) is 22.2. The molecule has 1 atom stereocenters. The molecule has 4 rings (SSSR count). The van der Waals surface area contributed by atoms with E-state index in [1.165, 1.54) is 41.0 Å². The van der Waals surface area contributed by atoms with E-state index in [0.717, 1.165) is 19.0 Å². The average molecular weight is 461 g/mol. The first-order valence-electron chi connectivity index (χ1n) is 9.77. The van der Waals surface area contributed by atoms with Gasteiger partial charge in [-0.2, -0.15) is 0 Å². The van der Waals surface area contributed by atoms with Crippen molar-refractivity contribution in [2.24, 2.45) is 5.92 Å². The van der Waals surface area contributed by atoms with Crippen molar-refractivity contribution in [1.82, 2.24) is 19.3 Å². The van der Waals surface area contributed by atoms with E-state index < -0.39 is 27.4 Å². The fraction of sp³-hybridized carbons (Fsp3) is 0.333. The second-order valence-corrected chi connectivity index (χ2v) is 10.7. The van der Waals surface area contributed by atoms with E-state index in [0.29, 0.717) is 27.1 Å². The molecule has 1 aliphatic carbocycles. The average Bonchev–Trinajstić information content (AvgIpc) is 3.48. The van der Waals surface area contributed by atoms with Crippen molar-refractivity contribution >= 4 is 27.1 Å².